The maximum absolute atomic E-state index is 9.72. The van der Waals surface area contributed by atoms with E-state index >= 15 is 0 Å². The zero-order valence-corrected chi connectivity index (χ0v) is 33.5. The number of benzene rings is 8. The van der Waals surface area contributed by atoms with E-state index in [4.69, 9.17) is 0 Å². The van der Waals surface area contributed by atoms with E-state index in [9.17, 15) is 10.5 Å². The van der Waals surface area contributed by atoms with Gasteiger partial charge in [0, 0.05) is 33.5 Å². The van der Waals surface area contributed by atoms with Crippen molar-refractivity contribution in [1.29, 1.82) is 10.5 Å². The lowest BCUT2D eigenvalue weighted by molar-refractivity contribution is 0.875. The second kappa shape index (κ2) is 14.2. The summed E-state index contributed by atoms with van der Waals surface area (Å²) >= 11 is 0. The Labute approximate surface area is 330 Å². The monoisotopic (exact) mass is 726 g/mol. The molecule has 8 aromatic rings. The molecule has 0 aliphatic carbocycles. The van der Waals surface area contributed by atoms with E-state index in [1.807, 2.05) is 24.3 Å². The molecule has 0 N–H and O–H groups in total. The molecule has 0 fully saturated rings. The third-order valence-corrected chi connectivity index (χ3v) is 11.1. The summed E-state index contributed by atoms with van der Waals surface area (Å²) in [5, 5.41) is 26.8. The molecule has 56 heavy (non-hydrogen) atoms. The second-order valence-electron chi connectivity index (χ2n) is 16.0. The van der Waals surface area contributed by atoms with Gasteiger partial charge in [-0.2, -0.15) is 10.5 Å². The normalized spacial score (nSPS) is 11.5. The van der Waals surface area contributed by atoms with Crippen molar-refractivity contribution < 1.29 is 0 Å². The van der Waals surface area contributed by atoms with Crippen LogP contribution in [0.1, 0.15) is 84.0 Å². The quantitative estimate of drug-likeness (QED) is 0.146. The average molecular weight is 727 g/mol. The van der Waals surface area contributed by atoms with Crippen molar-refractivity contribution in [1.82, 2.24) is 0 Å². The predicted molar refractivity (Wildman–Crippen MR) is 236 cm³/mol. The summed E-state index contributed by atoms with van der Waals surface area (Å²) in [5.41, 5.74) is 15.0. The van der Waals surface area contributed by atoms with Crippen molar-refractivity contribution in [3.8, 4) is 12.1 Å². The fourth-order valence-electron chi connectivity index (χ4n) is 8.73. The van der Waals surface area contributed by atoms with E-state index in [0.29, 0.717) is 17.0 Å². The van der Waals surface area contributed by atoms with Crippen LogP contribution in [0.4, 0.5) is 34.1 Å². The molecule has 0 aliphatic heterocycles. The maximum Gasteiger partial charge on any atom is 0.0991 e. The first-order valence-electron chi connectivity index (χ1n) is 19.5. The summed E-state index contributed by atoms with van der Waals surface area (Å²) in [6, 6.07) is 48.1. The fourth-order valence-corrected chi connectivity index (χ4v) is 8.73. The number of rotatable bonds is 8. The van der Waals surface area contributed by atoms with E-state index in [1.54, 1.807) is 0 Å². The van der Waals surface area contributed by atoms with Crippen LogP contribution in [-0.2, 0) is 0 Å². The molecule has 8 rings (SSSR count). The Morgan fingerprint density at radius 2 is 0.786 bits per heavy atom. The number of hydrogen-bond donors (Lipinski definition) is 0. The van der Waals surface area contributed by atoms with Gasteiger partial charge in [0.25, 0.3) is 0 Å². The summed E-state index contributed by atoms with van der Waals surface area (Å²) in [4.78, 5) is 4.76. The van der Waals surface area contributed by atoms with Gasteiger partial charge in [0.1, 0.15) is 0 Å². The van der Waals surface area contributed by atoms with E-state index in [-0.39, 0.29) is 5.92 Å². The third-order valence-electron chi connectivity index (χ3n) is 11.1. The van der Waals surface area contributed by atoms with E-state index in [2.05, 4.69) is 174 Å². The van der Waals surface area contributed by atoms with Gasteiger partial charge in [-0.3, -0.25) is 0 Å². The summed E-state index contributed by atoms with van der Waals surface area (Å²) in [5.74, 6) is 0.536. The largest absolute Gasteiger partial charge is 0.310 e. The van der Waals surface area contributed by atoms with Crippen molar-refractivity contribution in [2.75, 3.05) is 9.80 Å². The van der Waals surface area contributed by atoms with Gasteiger partial charge in [-0.25, -0.2) is 0 Å². The molecule has 0 amide bonds. The van der Waals surface area contributed by atoms with Crippen molar-refractivity contribution >= 4 is 66.4 Å². The van der Waals surface area contributed by atoms with Crippen LogP contribution < -0.4 is 9.80 Å². The number of hydrogen-bond acceptors (Lipinski definition) is 4. The fraction of sp³-hybridized carbons (Fsp3) is 0.192. The smallest absolute Gasteiger partial charge is 0.0991 e. The molecule has 8 aromatic carbocycles. The SMILES string of the molecule is Cc1cc(C)cc(N(c2ccc(C#N)cc2)c2cc3c(C(C)C)cc(N(c4ccc(C#N)cc4)c4cc(C)cc(C)c4)c4ccc5c(C(C)C)ccc2c5c34)c1. The Hall–Kier alpha value is -6.62. The first kappa shape index (κ1) is 36.4. The van der Waals surface area contributed by atoms with Gasteiger partial charge in [0.15, 0.2) is 0 Å². The number of nitriles is 2. The first-order valence-corrected chi connectivity index (χ1v) is 19.5. The summed E-state index contributed by atoms with van der Waals surface area (Å²) in [7, 11) is 0. The van der Waals surface area contributed by atoms with Crippen LogP contribution in [0.3, 0.4) is 0 Å². The standard InChI is InChI=1S/C52H46N4/c1-31(2)43-17-19-45-50(56(40-15-11-38(30-54)12-16-40)42-25-35(7)22-36(8)26-42)28-48-47(32(3)4)27-49(46-20-18-44(43)51(45)52(46)48)55(39-13-9-37(29-53)10-14-39)41-23-33(5)21-34(6)24-41/h9-28,31-32H,1-8H3. The lowest BCUT2D eigenvalue weighted by Crippen LogP contribution is -2.14. The molecular weight excluding hydrogens is 681 g/mol. The predicted octanol–water partition coefficient (Wildman–Crippen LogP) is 14.7. The Morgan fingerprint density at radius 1 is 0.393 bits per heavy atom. The zero-order chi connectivity index (χ0) is 39.4. The molecule has 4 heteroatoms. The van der Waals surface area contributed by atoms with E-state index < -0.39 is 0 Å². The van der Waals surface area contributed by atoms with Gasteiger partial charge in [0.05, 0.1) is 34.6 Å². The first-order chi connectivity index (χ1) is 26.9. The van der Waals surface area contributed by atoms with Crippen LogP contribution in [0.5, 0.6) is 0 Å². The number of anilines is 6. The maximum atomic E-state index is 9.72. The lowest BCUT2D eigenvalue weighted by atomic mass is 9.84. The summed E-state index contributed by atoms with van der Waals surface area (Å²) < 4.78 is 0. The highest BCUT2D eigenvalue weighted by atomic mass is 15.2. The molecular formula is C52H46N4. The minimum atomic E-state index is 0.211. The number of aryl methyl sites for hydroxylation is 4. The second-order valence-corrected chi connectivity index (χ2v) is 16.0. The lowest BCUT2D eigenvalue weighted by Gasteiger charge is -2.32. The molecule has 0 saturated heterocycles. The van der Waals surface area contributed by atoms with Gasteiger partial charge < -0.3 is 9.80 Å². The van der Waals surface area contributed by atoms with Gasteiger partial charge in [-0.15, -0.1) is 0 Å². The van der Waals surface area contributed by atoms with Crippen molar-refractivity contribution in [3.05, 3.63) is 166 Å². The Balaban J connectivity index is 1.53. The topological polar surface area (TPSA) is 54.1 Å². The summed E-state index contributed by atoms with van der Waals surface area (Å²) in [6.45, 7) is 17.8. The van der Waals surface area contributed by atoms with E-state index in [1.165, 1.54) is 65.7 Å². The minimum Gasteiger partial charge on any atom is -0.310 e. The van der Waals surface area contributed by atoms with Gasteiger partial charge in [0.2, 0.25) is 0 Å². The molecule has 0 heterocycles. The van der Waals surface area contributed by atoms with Crippen LogP contribution in [0.15, 0.2) is 121 Å². The van der Waals surface area contributed by atoms with Gasteiger partial charge in [-0.05, 0) is 179 Å². The van der Waals surface area contributed by atoms with Gasteiger partial charge >= 0.3 is 0 Å². The van der Waals surface area contributed by atoms with Crippen LogP contribution in [0.2, 0.25) is 0 Å². The Bertz CT molecular complexity index is 2820. The van der Waals surface area contributed by atoms with Crippen LogP contribution in [-0.4, -0.2) is 0 Å². The molecule has 0 atom stereocenters. The number of nitrogens with zero attached hydrogens (tertiary/aromatic N) is 4. The molecule has 0 radical (unpaired) electrons. The zero-order valence-electron chi connectivity index (χ0n) is 33.5. The Kier molecular flexibility index (Phi) is 9.24. The molecule has 0 aliphatic rings. The Morgan fingerprint density at radius 3 is 1.21 bits per heavy atom. The van der Waals surface area contributed by atoms with Crippen LogP contribution in [0, 0.1) is 50.4 Å². The summed E-state index contributed by atoms with van der Waals surface area (Å²) in [6.07, 6.45) is 0. The van der Waals surface area contributed by atoms with E-state index in [0.717, 1.165) is 34.1 Å². The molecule has 274 valence electrons. The van der Waals surface area contributed by atoms with Crippen LogP contribution in [0.25, 0.3) is 32.3 Å². The molecule has 0 spiro atoms. The molecule has 0 saturated carbocycles. The minimum absolute atomic E-state index is 0.211. The van der Waals surface area contributed by atoms with Crippen molar-refractivity contribution in [2.24, 2.45) is 0 Å². The van der Waals surface area contributed by atoms with Crippen molar-refractivity contribution in [2.45, 2.75) is 67.2 Å². The highest BCUT2D eigenvalue weighted by molar-refractivity contribution is 6.30. The van der Waals surface area contributed by atoms with Crippen LogP contribution >= 0.6 is 0 Å². The highest BCUT2D eigenvalue weighted by Crippen LogP contribution is 2.51. The third kappa shape index (κ3) is 6.28. The molecule has 0 unspecified atom stereocenters. The highest BCUT2D eigenvalue weighted by Gasteiger charge is 2.26. The molecule has 4 nitrogen and oxygen atoms in total. The van der Waals surface area contributed by atoms with Gasteiger partial charge in [-0.1, -0.05) is 64.1 Å². The molecule has 0 aromatic heterocycles. The molecule has 0 bridgehead atoms. The van der Waals surface area contributed by atoms with Crippen molar-refractivity contribution in [3.63, 3.8) is 0 Å². The average Bonchev–Trinajstić information content (AvgIpc) is 3.17.